The van der Waals surface area contributed by atoms with Gasteiger partial charge in [0.15, 0.2) is 0 Å². The summed E-state index contributed by atoms with van der Waals surface area (Å²) in [7, 11) is 0. The number of allylic oxidation sites excluding steroid dienone is 5. The highest BCUT2D eigenvalue weighted by Gasteiger charge is 2.59. The molecule has 5 atom stereocenters. The first-order chi connectivity index (χ1) is 11.3. The highest BCUT2D eigenvalue weighted by Crippen LogP contribution is 2.59. The van der Waals surface area contributed by atoms with Crippen LogP contribution >= 0.6 is 0 Å². The zero-order valence-corrected chi connectivity index (χ0v) is 15.3. The second kappa shape index (κ2) is 6.44. The van der Waals surface area contributed by atoms with Gasteiger partial charge in [-0.3, -0.25) is 0 Å². The van der Waals surface area contributed by atoms with Crippen LogP contribution in [-0.2, 0) is 0 Å². The summed E-state index contributed by atoms with van der Waals surface area (Å²) in [5, 5.41) is 31.2. The van der Waals surface area contributed by atoms with Gasteiger partial charge in [0.25, 0.3) is 0 Å². The standard InChI is InChI=1S/C21H32O3/c1-14-6-9-18(23)13-17(14)8-7-16-5-4-11-20(3)19(16)10-12-21(20,24)15(2)22/h5,7-8,15,18-19,22-24H,4,6,9-13H2,1-3H3/b8-7+/t15-,18-,19+,20+,21+/m1/s1. The predicted octanol–water partition coefficient (Wildman–Crippen LogP) is 3.65. The predicted molar refractivity (Wildman–Crippen MR) is 96.5 cm³/mol. The Morgan fingerprint density at radius 3 is 2.71 bits per heavy atom. The summed E-state index contributed by atoms with van der Waals surface area (Å²) in [6.07, 6.45) is 11.8. The lowest BCUT2D eigenvalue weighted by molar-refractivity contribution is -0.141. The molecule has 0 bridgehead atoms. The molecule has 1 fully saturated rings. The van der Waals surface area contributed by atoms with E-state index in [0.29, 0.717) is 12.3 Å². The highest BCUT2D eigenvalue weighted by molar-refractivity contribution is 5.37. The molecule has 1 saturated carbocycles. The van der Waals surface area contributed by atoms with Gasteiger partial charge < -0.3 is 15.3 Å². The smallest absolute Gasteiger partial charge is 0.0961 e. The van der Waals surface area contributed by atoms with Crippen LogP contribution in [0.2, 0.25) is 0 Å². The summed E-state index contributed by atoms with van der Waals surface area (Å²) in [5.41, 5.74) is 2.68. The summed E-state index contributed by atoms with van der Waals surface area (Å²) in [6, 6.07) is 0. The van der Waals surface area contributed by atoms with E-state index in [1.807, 2.05) is 0 Å². The largest absolute Gasteiger partial charge is 0.393 e. The topological polar surface area (TPSA) is 60.7 Å². The molecule has 0 aromatic heterocycles. The molecule has 0 aliphatic heterocycles. The molecule has 0 aromatic rings. The Morgan fingerprint density at radius 1 is 1.25 bits per heavy atom. The number of rotatable bonds is 3. The molecule has 3 N–H and O–H groups in total. The van der Waals surface area contributed by atoms with Crippen molar-refractivity contribution in [3.63, 3.8) is 0 Å². The van der Waals surface area contributed by atoms with Crippen molar-refractivity contribution in [3.8, 4) is 0 Å². The molecular weight excluding hydrogens is 300 g/mol. The molecule has 0 heterocycles. The quantitative estimate of drug-likeness (QED) is 0.739. The van der Waals surface area contributed by atoms with Crippen LogP contribution in [0, 0.1) is 11.3 Å². The minimum absolute atomic E-state index is 0.217. The van der Waals surface area contributed by atoms with Crippen molar-refractivity contribution in [2.45, 2.75) is 83.5 Å². The van der Waals surface area contributed by atoms with Gasteiger partial charge in [0.1, 0.15) is 0 Å². The Kier molecular flexibility index (Phi) is 4.80. The molecule has 3 rings (SSSR count). The lowest BCUT2D eigenvalue weighted by Gasteiger charge is -2.47. The van der Waals surface area contributed by atoms with Crippen LogP contribution < -0.4 is 0 Å². The van der Waals surface area contributed by atoms with Gasteiger partial charge in [-0.1, -0.05) is 30.7 Å². The molecule has 0 amide bonds. The lowest BCUT2D eigenvalue weighted by atomic mass is 9.62. The molecule has 0 saturated heterocycles. The van der Waals surface area contributed by atoms with E-state index in [4.69, 9.17) is 0 Å². The lowest BCUT2D eigenvalue weighted by Crippen LogP contribution is -2.53. The Morgan fingerprint density at radius 2 is 2.00 bits per heavy atom. The SMILES string of the molecule is CC1=C(/C=C/C2=CCC[C@@]3(C)[C@H]2CC[C@]3(O)[C@@H](C)O)C[C@H](O)CC1. The van der Waals surface area contributed by atoms with Crippen molar-refractivity contribution in [1.29, 1.82) is 0 Å². The van der Waals surface area contributed by atoms with Crippen molar-refractivity contribution < 1.29 is 15.3 Å². The third-order valence-corrected chi connectivity index (χ3v) is 7.04. The van der Waals surface area contributed by atoms with E-state index < -0.39 is 11.7 Å². The summed E-state index contributed by atoms with van der Waals surface area (Å²) >= 11 is 0. The average Bonchev–Trinajstić information content (AvgIpc) is 2.82. The van der Waals surface area contributed by atoms with Crippen LogP contribution in [0.5, 0.6) is 0 Å². The highest BCUT2D eigenvalue weighted by atomic mass is 16.3. The Labute approximate surface area is 145 Å². The van der Waals surface area contributed by atoms with E-state index in [2.05, 4.69) is 32.1 Å². The van der Waals surface area contributed by atoms with Crippen LogP contribution in [0.1, 0.15) is 65.7 Å². The summed E-state index contributed by atoms with van der Waals surface area (Å²) < 4.78 is 0. The molecule has 134 valence electrons. The van der Waals surface area contributed by atoms with E-state index in [0.717, 1.165) is 38.5 Å². The first kappa shape index (κ1) is 17.9. The Bertz CT molecular complexity index is 586. The van der Waals surface area contributed by atoms with Gasteiger partial charge in [-0.05, 0) is 75.9 Å². The first-order valence-corrected chi connectivity index (χ1v) is 9.43. The molecule has 3 aliphatic rings. The monoisotopic (exact) mass is 332 g/mol. The molecular formula is C21H32O3. The molecule has 0 radical (unpaired) electrons. The normalized spacial score (nSPS) is 41.5. The summed E-state index contributed by atoms with van der Waals surface area (Å²) in [4.78, 5) is 0. The van der Waals surface area contributed by atoms with Crippen LogP contribution in [-0.4, -0.2) is 33.1 Å². The van der Waals surface area contributed by atoms with E-state index in [-0.39, 0.29) is 11.5 Å². The van der Waals surface area contributed by atoms with Crippen LogP contribution in [0.3, 0.4) is 0 Å². The maximum absolute atomic E-state index is 11.1. The van der Waals surface area contributed by atoms with Crippen molar-refractivity contribution in [1.82, 2.24) is 0 Å². The fourth-order valence-corrected chi connectivity index (χ4v) is 5.23. The third kappa shape index (κ3) is 2.81. The minimum atomic E-state index is -0.985. The number of fused-ring (bicyclic) bond motifs is 1. The van der Waals surface area contributed by atoms with E-state index in [1.54, 1.807) is 6.92 Å². The van der Waals surface area contributed by atoms with Crippen molar-refractivity contribution >= 4 is 0 Å². The fourth-order valence-electron chi connectivity index (χ4n) is 5.23. The van der Waals surface area contributed by atoms with Crippen molar-refractivity contribution in [2.75, 3.05) is 0 Å². The van der Waals surface area contributed by atoms with E-state index in [1.165, 1.54) is 16.7 Å². The third-order valence-electron chi connectivity index (χ3n) is 7.04. The van der Waals surface area contributed by atoms with Crippen LogP contribution in [0.4, 0.5) is 0 Å². The Balaban J connectivity index is 1.83. The maximum atomic E-state index is 11.1. The minimum Gasteiger partial charge on any atom is -0.393 e. The van der Waals surface area contributed by atoms with Gasteiger partial charge in [-0.15, -0.1) is 0 Å². The molecule has 3 heteroatoms. The number of hydrogen-bond donors (Lipinski definition) is 3. The van der Waals surface area contributed by atoms with Gasteiger partial charge in [-0.25, -0.2) is 0 Å². The fraction of sp³-hybridized carbons (Fsp3) is 0.714. The number of aliphatic hydroxyl groups is 3. The van der Waals surface area contributed by atoms with Gasteiger partial charge >= 0.3 is 0 Å². The maximum Gasteiger partial charge on any atom is 0.0961 e. The van der Waals surface area contributed by atoms with Crippen molar-refractivity contribution in [3.05, 3.63) is 34.9 Å². The second-order valence-electron chi connectivity index (χ2n) is 8.39. The zero-order valence-electron chi connectivity index (χ0n) is 15.3. The first-order valence-electron chi connectivity index (χ1n) is 9.43. The zero-order chi connectivity index (χ0) is 17.5. The number of aliphatic hydroxyl groups excluding tert-OH is 2. The second-order valence-corrected chi connectivity index (χ2v) is 8.39. The molecule has 0 aromatic carbocycles. The molecule has 0 spiro atoms. The molecule has 3 aliphatic carbocycles. The van der Waals surface area contributed by atoms with E-state index in [9.17, 15) is 15.3 Å². The van der Waals surface area contributed by atoms with Gasteiger partial charge in [0, 0.05) is 5.41 Å². The van der Waals surface area contributed by atoms with Gasteiger partial charge in [0.05, 0.1) is 17.8 Å². The summed E-state index contributed by atoms with van der Waals surface area (Å²) in [5.74, 6) is 0.302. The molecule has 0 unspecified atom stereocenters. The van der Waals surface area contributed by atoms with Crippen LogP contribution in [0.15, 0.2) is 34.9 Å². The molecule has 3 nitrogen and oxygen atoms in total. The number of hydrogen-bond acceptors (Lipinski definition) is 3. The van der Waals surface area contributed by atoms with Gasteiger partial charge in [0.2, 0.25) is 0 Å². The van der Waals surface area contributed by atoms with Crippen LogP contribution in [0.25, 0.3) is 0 Å². The average molecular weight is 332 g/mol. The summed E-state index contributed by atoms with van der Waals surface area (Å²) in [6.45, 7) is 6.03. The van der Waals surface area contributed by atoms with Crippen molar-refractivity contribution in [2.24, 2.45) is 11.3 Å². The van der Waals surface area contributed by atoms with E-state index >= 15 is 0 Å². The molecule has 24 heavy (non-hydrogen) atoms. The van der Waals surface area contributed by atoms with Gasteiger partial charge in [-0.2, -0.15) is 0 Å². The Hall–Kier alpha value is -0.900.